The summed E-state index contributed by atoms with van der Waals surface area (Å²) in [6, 6.07) is 16.2. The van der Waals surface area contributed by atoms with E-state index in [9.17, 15) is 4.79 Å². The second-order valence-electron chi connectivity index (χ2n) is 7.35. The maximum absolute atomic E-state index is 10.8. The highest BCUT2D eigenvalue weighted by atomic mass is 16.5. The van der Waals surface area contributed by atoms with Gasteiger partial charge in [0, 0.05) is 6.08 Å². The molecule has 0 radical (unpaired) electrons. The van der Waals surface area contributed by atoms with Crippen molar-refractivity contribution in [3.8, 4) is 0 Å². The summed E-state index contributed by atoms with van der Waals surface area (Å²) in [4.78, 5) is 10.8. The summed E-state index contributed by atoms with van der Waals surface area (Å²) in [5.74, 6) is 0.207. The van der Waals surface area contributed by atoms with Crippen molar-refractivity contribution in [2.75, 3.05) is 6.61 Å². The third kappa shape index (κ3) is 12.5. The monoisotopic (exact) mass is 432 g/mol. The first kappa shape index (κ1) is 28.9. The molecule has 32 heavy (non-hydrogen) atoms. The molecule has 0 spiro atoms. The van der Waals surface area contributed by atoms with Gasteiger partial charge in [-0.1, -0.05) is 126 Å². The van der Waals surface area contributed by atoms with Gasteiger partial charge in [-0.25, -0.2) is 4.79 Å². The van der Waals surface area contributed by atoms with Crippen LogP contribution in [-0.2, 0) is 9.53 Å². The largest absolute Gasteiger partial charge is 0.462 e. The molecule has 1 atom stereocenters. The zero-order valence-corrected chi connectivity index (χ0v) is 20.2. The van der Waals surface area contributed by atoms with Crippen molar-refractivity contribution in [1.82, 2.24) is 0 Å². The molecule has 1 unspecified atom stereocenters. The number of carbonyl (C=O) groups excluding carboxylic acids is 1. The van der Waals surface area contributed by atoms with Gasteiger partial charge in [-0.2, -0.15) is 0 Å². The van der Waals surface area contributed by atoms with E-state index >= 15 is 0 Å². The quantitative estimate of drug-likeness (QED) is 0.278. The van der Waals surface area contributed by atoms with Crippen LogP contribution in [-0.4, -0.2) is 12.6 Å². The molecule has 0 aliphatic heterocycles. The first-order valence-corrected chi connectivity index (χ1v) is 11.3. The van der Waals surface area contributed by atoms with Gasteiger partial charge in [-0.3, -0.25) is 0 Å². The zero-order chi connectivity index (χ0) is 24.2. The highest BCUT2D eigenvalue weighted by Crippen LogP contribution is 2.13. The van der Waals surface area contributed by atoms with Crippen LogP contribution < -0.4 is 0 Å². The molecule has 2 aromatic rings. The number of hydrogen-bond donors (Lipinski definition) is 0. The van der Waals surface area contributed by atoms with Crippen LogP contribution in [0, 0.1) is 12.8 Å². The highest BCUT2D eigenvalue weighted by molar-refractivity contribution is 5.81. The summed E-state index contributed by atoms with van der Waals surface area (Å²) in [6.45, 7) is 21.3. The van der Waals surface area contributed by atoms with E-state index < -0.39 is 0 Å². The van der Waals surface area contributed by atoms with Crippen molar-refractivity contribution in [3.05, 3.63) is 103 Å². The van der Waals surface area contributed by atoms with E-state index in [4.69, 9.17) is 4.74 Å². The smallest absolute Gasteiger partial charge is 0.330 e. The molecule has 0 heterocycles. The highest BCUT2D eigenvalue weighted by Gasteiger charge is 2.07. The van der Waals surface area contributed by atoms with Crippen LogP contribution in [0.15, 0.2) is 80.9 Å². The average Bonchev–Trinajstić information content (AvgIpc) is 2.85. The number of rotatable bonds is 10. The molecule has 2 rings (SSSR count). The fourth-order valence-corrected chi connectivity index (χ4v) is 2.86. The number of unbranched alkanes of at least 4 members (excludes halogenated alkanes) is 1. The summed E-state index contributed by atoms with van der Waals surface area (Å²) >= 11 is 0. The maximum atomic E-state index is 10.8. The SMILES string of the molecule is C=CC(=O)OCC(CC)CCCC.C=Cc1ccccc1C.C=Cc1ccccc1C=C. The Morgan fingerprint density at radius 1 is 0.875 bits per heavy atom. The Morgan fingerprint density at radius 3 is 1.75 bits per heavy atom. The first-order chi connectivity index (χ1) is 15.5. The number of aryl methyl sites for hydroxylation is 1. The van der Waals surface area contributed by atoms with Crippen molar-refractivity contribution in [1.29, 1.82) is 0 Å². The molecule has 2 aromatic carbocycles. The Labute approximate surface area is 196 Å². The van der Waals surface area contributed by atoms with E-state index in [2.05, 4.69) is 59.2 Å². The standard InChI is InChI=1S/C11H20O2.C10H10.C9H10/c1-4-7-8-10(5-2)9-13-11(12)6-3;1-3-9-7-5-6-8-10(9)4-2;1-3-9-7-5-4-6-8(9)2/h6,10H,3-5,7-9H2,1-2H3;3-8H,1-2H2;3-7H,1H2,2H3. The number of ether oxygens (including phenoxy) is 1. The van der Waals surface area contributed by atoms with Crippen molar-refractivity contribution in [2.45, 2.75) is 46.5 Å². The van der Waals surface area contributed by atoms with Crippen LogP contribution >= 0.6 is 0 Å². The van der Waals surface area contributed by atoms with Gasteiger partial charge >= 0.3 is 5.97 Å². The molecular formula is C30H40O2. The van der Waals surface area contributed by atoms with Crippen LogP contribution in [0.1, 0.15) is 61.8 Å². The first-order valence-electron chi connectivity index (χ1n) is 11.3. The summed E-state index contributed by atoms with van der Waals surface area (Å²) in [6.07, 6.45) is 11.4. The molecule has 0 saturated carbocycles. The van der Waals surface area contributed by atoms with Crippen LogP contribution in [0.5, 0.6) is 0 Å². The molecule has 0 fully saturated rings. The predicted molar refractivity (Wildman–Crippen MR) is 142 cm³/mol. The minimum atomic E-state index is -0.310. The van der Waals surface area contributed by atoms with E-state index in [1.54, 1.807) is 0 Å². The minimum Gasteiger partial charge on any atom is -0.462 e. The van der Waals surface area contributed by atoms with Gasteiger partial charge in [-0.15, -0.1) is 0 Å². The lowest BCUT2D eigenvalue weighted by molar-refractivity contribution is -0.139. The van der Waals surface area contributed by atoms with Gasteiger partial charge in [0.15, 0.2) is 0 Å². The lowest BCUT2D eigenvalue weighted by atomic mass is 10.0. The number of carbonyl (C=O) groups is 1. The molecule has 0 saturated heterocycles. The summed E-state index contributed by atoms with van der Waals surface area (Å²) in [5, 5.41) is 0. The average molecular weight is 433 g/mol. The van der Waals surface area contributed by atoms with Crippen molar-refractivity contribution in [2.24, 2.45) is 5.92 Å². The van der Waals surface area contributed by atoms with Gasteiger partial charge in [0.1, 0.15) is 0 Å². The van der Waals surface area contributed by atoms with Gasteiger partial charge in [0.25, 0.3) is 0 Å². The van der Waals surface area contributed by atoms with Gasteiger partial charge in [-0.05, 0) is 41.5 Å². The van der Waals surface area contributed by atoms with Crippen molar-refractivity contribution < 1.29 is 9.53 Å². The molecule has 0 amide bonds. The molecule has 2 heteroatoms. The van der Waals surface area contributed by atoms with Crippen molar-refractivity contribution >= 4 is 24.2 Å². The van der Waals surface area contributed by atoms with Gasteiger partial charge < -0.3 is 4.74 Å². The molecule has 0 aliphatic rings. The fraction of sp³-hybridized carbons (Fsp3) is 0.300. The number of esters is 1. The summed E-state index contributed by atoms with van der Waals surface area (Å²) in [7, 11) is 0. The summed E-state index contributed by atoms with van der Waals surface area (Å²) in [5.41, 5.74) is 4.78. The molecule has 2 nitrogen and oxygen atoms in total. The Morgan fingerprint density at radius 2 is 1.38 bits per heavy atom. The van der Waals surface area contributed by atoms with Crippen LogP contribution in [0.3, 0.4) is 0 Å². The second-order valence-corrected chi connectivity index (χ2v) is 7.35. The third-order valence-corrected chi connectivity index (χ3v) is 5.02. The Bertz CT molecular complexity index is 805. The number of hydrogen-bond acceptors (Lipinski definition) is 2. The molecular weight excluding hydrogens is 392 g/mol. The van der Waals surface area contributed by atoms with E-state index in [1.165, 1.54) is 30.0 Å². The zero-order valence-electron chi connectivity index (χ0n) is 20.2. The Kier molecular flexibility index (Phi) is 16.8. The van der Waals surface area contributed by atoms with Gasteiger partial charge in [0.05, 0.1) is 6.61 Å². The normalized spacial score (nSPS) is 10.2. The molecule has 0 N–H and O–H groups in total. The molecule has 0 aromatic heterocycles. The van der Waals surface area contributed by atoms with Crippen LogP contribution in [0.4, 0.5) is 0 Å². The van der Waals surface area contributed by atoms with E-state index in [0.717, 1.165) is 24.0 Å². The van der Waals surface area contributed by atoms with Crippen molar-refractivity contribution in [3.63, 3.8) is 0 Å². The number of benzene rings is 2. The summed E-state index contributed by atoms with van der Waals surface area (Å²) < 4.78 is 4.98. The van der Waals surface area contributed by atoms with E-state index in [0.29, 0.717) is 12.5 Å². The molecule has 0 bridgehead atoms. The van der Waals surface area contributed by atoms with E-state index in [1.807, 2.05) is 54.6 Å². The Hall–Kier alpha value is -3.13. The lowest BCUT2D eigenvalue weighted by Gasteiger charge is -2.13. The fourth-order valence-electron chi connectivity index (χ4n) is 2.86. The maximum Gasteiger partial charge on any atom is 0.330 e. The topological polar surface area (TPSA) is 26.3 Å². The van der Waals surface area contributed by atoms with Gasteiger partial charge in [0.2, 0.25) is 0 Å². The third-order valence-electron chi connectivity index (χ3n) is 5.02. The molecule has 0 aliphatic carbocycles. The second kappa shape index (κ2) is 18.6. The minimum absolute atomic E-state index is 0.310. The predicted octanol–water partition coefficient (Wildman–Crippen LogP) is 8.54. The van der Waals surface area contributed by atoms with Crippen LogP contribution in [0.25, 0.3) is 18.2 Å². The lowest BCUT2D eigenvalue weighted by Crippen LogP contribution is -2.12. The van der Waals surface area contributed by atoms with Crippen LogP contribution in [0.2, 0.25) is 0 Å². The van der Waals surface area contributed by atoms with E-state index in [-0.39, 0.29) is 5.97 Å². The molecule has 172 valence electrons. The Balaban J connectivity index is 0.000000458.